The van der Waals surface area contributed by atoms with Gasteiger partial charge in [0.2, 0.25) is 5.95 Å². The summed E-state index contributed by atoms with van der Waals surface area (Å²) in [6.45, 7) is 4.35. The molecule has 3 heterocycles. The van der Waals surface area contributed by atoms with Gasteiger partial charge >= 0.3 is 0 Å². The number of amides is 1. The second-order valence-corrected chi connectivity index (χ2v) is 7.79. The summed E-state index contributed by atoms with van der Waals surface area (Å²) in [7, 11) is 0. The number of ether oxygens (including phenoxy) is 1. The summed E-state index contributed by atoms with van der Waals surface area (Å²) in [5.74, 6) is 1.03. The molecule has 9 nitrogen and oxygen atoms in total. The molecule has 0 spiro atoms. The number of hydrogen-bond donors (Lipinski definition) is 4. The van der Waals surface area contributed by atoms with Crippen LogP contribution < -0.4 is 20.7 Å². The van der Waals surface area contributed by atoms with Gasteiger partial charge in [-0.2, -0.15) is 5.10 Å². The number of nitrogens with one attached hydrogen (secondary N) is 4. The Labute approximate surface area is 185 Å². The molecule has 2 aromatic heterocycles. The number of rotatable bonds is 6. The molecule has 0 bridgehead atoms. The van der Waals surface area contributed by atoms with Gasteiger partial charge in [0.15, 0.2) is 0 Å². The van der Waals surface area contributed by atoms with Crippen LogP contribution in [0.3, 0.4) is 0 Å². The molecule has 1 amide bonds. The first-order valence-corrected chi connectivity index (χ1v) is 10.9. The molecular formula is C23H25N7O2. The van der Waals surface area contributed by atoms with Gasteiger partial charge in [0.1, 0.15) is 17.4 Å². The summed E-state index contributed by atoms with van der Waals surface area (Å²) >= 11 is 0. The lowest BCUT2D eigenvalue weighted by atomic mass is 10.1. The highest BCUT2D eigenvalue weighted by Gasteiger charge is 2.17. The highest BCUT2D eigenvalue weighted by atomic mass is 16.5. The molecule has 4 N–H and O–H groups in total. The first-order valence-electron chi connectivity index (χ1n) is 10.9. The van der Waals surface area contributed by atoms with Gasteiger partial charge in [0, 0.05) is 29.2 Å². The van der Waals surface area contributed by atoms with Crippen molar-refractivity contribution in [3.05, 3.63) is 48.3 Å². The third kappa shape index (κ3) is 4.06. The number of aromatic nitrogens is 4. The van der Waals surface area contributed by atoms with E-state index in [-0.39, 0.29) is 12.0 Å². The molecule has 0 atom stereocenters. The first kappa shape index (κ1) is 20.2. The lowest BCUT2D eigenvalue weighted by Crippen LogP contribution is -2.34. The van der Waals surface area contributed by atoms with Crippen LogP contribution >= 0.6 is 0 Å². The maximum absolute atomic E-state index is 12.5. The number of para-hydroxylation sites is 1. The Morgan fingerprint density at radius 3 is 2.94 bits per heavy atom. The van der Waals surface area contributed by atoms with Crippen molar-refractivity contribution in [2.24, 2.45) is 0 Å². The lowest BCUT2D eigenvalue weighted by Gasteiger charge is -2.24. The van der Waals surface area contributed by atoms with Crippen molar-refractivity contribution in [1.82, 2.24) is 30.8 Å². The summed E-state index contributed by atoms with van der Waals surface area (Å²) in [5.41, 5.74) is 2.75. The molecule has 0 aliphatic carbocycles. The number of fused-ring (bicyclic) bond motifs is 2. The van der Waals surface area contributed by atoms with Crippen LogP contribution in [-0.2, 0) is 0 Å². The molecule has 2 aromatic carbocycles. The zero-order valence-electron chi connectivity index (χ0n) is 17.8. The Kier molecular flexibility index (Phi) is 5.55. The van der Waals surface area contributed by atoms with Crippen LogP contribution in [0.25, 0.3) is 21.8 Å². The quantitative estimate of drug-likeness (QED) is 0.371. The van der Waals surface area contributed by atoms with Crippen LogP contribution in [0.1, 0.15) is 30.1 Å². The number of aromatic amines is 1. The minimum atomic E-state index is -0.153. The number of anilines is 2. The van der Waals surface area contributed by atoms with Crippen molar-refractivity contribution >= 4 is 39.3 Å². The third-order valence-corrected chi connectivity index (χ3v) is 5.55. The largest absolute Gasteiger partial charge is 0.488 e. The van der Waals surface area contributed by atoms with E-state index in [1.54, 1.807) is 18.5 Å². The molecule has 1 fully saturated rings. The average Bonchev–Trinajstić information content (AvgIpc) is 3.28. The van der Waals surface area contributed by atoms with Crippen LogP contribution in [-0.4, -0.2) is 51.8 Å². The molecule has 0 unspecified atom stereocenters. The SMILES string of the molecule is CCNC(=O)c1cc(Nc2ncc3cccc(OC4CCNCC4)c3n2)cc2[nH]ncc12. The highest BCUT2D eigenvalue weighted by Crippen LogP contribution is 2.28. The second kappa shape index (κ2) is 8.80. The molecule has 9 heteroatoms. The number of benzene rings is 2. The van der Waals surface area contributed by atoms with E-state index < -0.39 is 0 Å². The van der Waals surface area contributed by atoms with E-state index in [1.165, 1.54) is 0 Å². The van der Waals surface area contributed by atoms with E-state index in [2.05, 4.69) is 31.1 Å². The van der Waals surface area contributed by atoms with Gasteiger partial charge in [-0.25, -0.2) is 9.97 Å². The van der Waals surface area contributed by atoms with E-state index in [9.17, 15) is 4.79 Å². The summed E-state index contributed by atoms with van der Waals surface area (Å²) in [5, 5.41) is 18.1. The Bertz CT molecular complexity index is 1260. The number of piperidine rings is 1. The monoisotopic (exact) mass is 431 g/mol. The van der Waals surface area contributed by atoms with Crippen molar-refractivity contribution in [2.75, 3.05) is 25.0 Å². The summed E-state index contributed by atoms with van der Waals surface area (Å²) in [6, 6.07) is 9.55. The fraction of sp³-hybridized carbons (Fsp3) is 0.304. The van der Waals surface area contributed by atoms with Crippen molar-refractivity contribution in [1.29, 1.82) is 0 Å². The maximum atomic E-state index is 12.5. The number of nitrogens with zero attached hydrogens (tertiary/aromatic N) is 3. The number of H-pyrrole nitrogens is 1. The molecule has 1 aliphatic rings. The smallest absolute Gasteiger partial charge is 0.252 e. The van der Waals surface area contributed by atoms with Crippen LogP contribution in [0, 0.1) is 0 Å². The average molecular weight is 432 g/mol. The Hall–Kier alpha value is -3.72. The molecule has 1 aliphatic heterocycles. The van der Waals surface area contributed by atoms with Crippen LogP contribution in [0.15, 0.2) is 42.7 Å². The van der Waals surface area contributed by atoms with Crippen molar-refractivity contribution in [2.45, 2.75) is 25.9 Å². The van der Waals surface area contributed by atoms with Crippen LogP contribution in [0.4, 0.5) is 11.6 Å². The van der Waals surface area contributed by atoms with Gasteiger partial charge in [-0.15, -0.1) is 0 Å². The molecule has 0 radical (unpaired) electrons. The second-order valence-electron chi connectivity index (χ2n) is 7.79. The van der Waals surface area contributed by atoms with Gasteiger partial charge in [-0.1, -0.05) is 12.1 Å². The van der Waals surface area contributed by atoms with Crippen molar-refractivity contribution < 1.29 is 9.53 Å². The summed E-state index contributed by atoms with van der Waals surface area (Å²) in [4.78, 5) is 21.7. The Balaban J connectivity index is 1.47. The topological polar surface area (TPSA) is 117 Å². The van der Waals surface area contributed by atoms with Crippen molar-refractivity contribution in [3.63, 3.8) is 0 Å². The number of carbonyl (C=O) groups is 1. The van der Waals surface area contributed by atoms with E-state index in [4.69, 9.17) is 9.72 Å². The van der Waals surface area contributed by atoms with Gasteiger partial charge in [-0.05, 0) is 51.1 Å². The Morgan fingerprint density at radius 2 is 2.09 bits per heavy atom. The minimum absolute atomic E-state index is 0.153. The zero-order valence-corrected chi connectivity index (χ0v) is 17.8. The molecule has 5 rings (SSSR count). The fourth-order valence-electron chi connectivity index (χ4n) is 3.97. The van der Waals surface area contributed by atoms with Crippen LogP contribution in [0.5, 0.6) is 5.75 Å². The fourth-order valence-corrected chi connectivity index (χ4v) is 3.97. The predicted molar refractivity (Wildman–Crippen MR) is 123 cm³/mol. The van der Waals surface area contributed by atoms with Crippen molar-refractivity contribution in [3.8, 4) is 5.75 Å². The first-order chi connectivity index (χ1) is 15.7. The number of hydrogen-bond acceptors (Lipinski definition) is 7. The minimum Gasteiger partial charge on any atom is -0.488 e. The predicted octanol–water partition coefficient (Wildman–Crippen LogP) is 3.13. The normalized spacial score (nSPS) is 14.5. The van der Waals surface area contributed by atoms with Gasteiger partial charge < -0.3 is 20.7 Å². The standard InChI is InChI=1S/C23H25N7O2/c1-2-25-22(31)17-10-15(11-19-18(17)13-27-30-19)28-23-26-12-14-4-3-5-20(21(14)29-23)32-16-6-8-24-9-7-16/h3-5,10-13,16,24H,2,6-9H2,1H3,(H,25,31)(H,27,30)(H,26,28,29). The maximum Gasteiger partial charge on any atom is 0.252 e. The van der Waals surface area contributed by atoms with Gasteiger partial charge in [0.05, 0.1) is 17.3 Å². The number of carbonyl (C=O) groups excluding carboxylic acids is 1. The molecule has 32 heavy (non-hydrogen) atoms. The highest BCUT2D eigenvalue weighted by molar-refractivity contribution is 6.07. The molecule has 1 saturated heterocycles. The van der Waals surface area contributed by atoms with Gasteiger partial charge in [-0.3, -0.25) is 9.89 Å². The van der Waals surface area contributed by atoms with Crippen LogP contribution in [0.2, 0.25) is 0 Å². The van der Waals surface area contributed by atoms with E-state index >= 15 is 0 Å². The molecule has 0 saturated carbocycles. The van der Waals surface area contributed by atoms with E-state index in [0.717, 1.165) is 53.5 Å². The molecule has 4 aromatic rings. The van der Waals surface area contributed by atoms with Gasteiger partial charge in [0.25, 0.3) is 5.91 Å². The summed E-state index contributed by atoms with van der Waals surface area (Å²) in [6.07, 6.45) is 5.55. The zero-order chi connectivity index (χ0) is 21.9. The van der Waals surface area contributed by atoms with E-state index in [0.29, 0.717) is 23.7 Å². The molecule has 164 valence electrons. The Morgan fingerprint density at radius 1 is 1.22 bits per heavy atom. The van der Waals surface area contributed by atoms with E-state index in [1.807, 2.05) is 31.2 Å². The third-order valence-electron chi connectivity index (χ3n) is 5.55. The molecular weight excluding hydrogens is 406 g/mol. The lowest BCUT2D eigenvalue weighted by molar-refractivity contribution is 0.0957. The summed E-state index contributed by atoms with van der Waals surface area (Å²) < 4.78 is 6.27.